The highest BCUT2D eigenvalue weighted by Gasteiger charge is 2.40. The van der Waals surface area contributed by atoms with Gasteiger partial charge in [-0.25, -0.2) is 8.42 Å². The zero-order chi connectivity index (χ0) is 23.5. The van der Waals surface area contributed by atoms with Crippen molar-refractivity contribution >= 4 is 21.6 Å². The van der Waals surface area contributed by atoms with Crippen LogP contribution in [0.4, 0.5) is 5.69 Å². The van der Waals surface area contributed by atoms with Crippen LogP contribution in [0.15, 0.2) is 48.5 Å². The van der Waals surface area contributed by atoms with Gasteiger partial charge in [0, 0.05) is 18.1 Å². The third kappa shape index (κ3) is 4.85. The number of ether oxygens (including phenoxy) is 2. The fourth-order valence-electron chi connectivity index (χ4n) is 4.28. The molecule has 0 aliphatic carbocycles. The first-order chi connectivity index (χ1) is 15.1. The van der Waals surface area contributed by atoms with Gasteiger partial charge in [-0.15, -0.1) is 0 Å². The van der Waals surface area contributed by atoms with E-state index in [0.29, 0.717) is 17.9 Å². The van der Waals surface area contributed by atoms with Crippen LogP contribution in [0.2, 0.25) is 0 Å². The number of hydrogen-bond acceptors (Lipinski definition) is 5. The Balaban J connectivity index is 1.92. The van der Waals surface area contributed by atoms with E-state index in [-0.39, 0.29) is 17.6 Å². The Kier molecular flexibility index (Phi) is 7.03. The molecule has 0 radical (unpaired) electrons. The molecule has 0 bridgehead atoms. The van der Waals surface area contributed by atoms with Crippen molar-refractivity contribution in [3.8, 4) is 11.5 Å². The highest BCUT2D eigenvalue weighted by atomic mass is 32.2. The first-order valence-electron chi connectivity index (χ1n) is 10.9. The molecule has 1 N–H and O–H groups in total. The van der Waals surface area contributed by atoms with Crippen molar-refractivity contribution < 1.29 is 22.7 Å². The van der Waals surface area contributed by atoms with Crippen LogP contribution in [-0.4, -0.2) is 39.3 Å². The second kappa shape index (κ2) is 9.40. The largest absolute Gasteiger partial charge is 0.497 e. The molecule has 174 valence electrons. The van der Waals surface area contributed by atoms with Gasteiger partial charge in [0.2, 0.25) is 15.9 Å². The quantitative estimate of drug-likeness (QED) is 0.642. The van der Waals surface area contributed by atoms with E-state index in [1.54, 1.807) is 31.2 Å². The lowest BCUT2D eigenvalue weighted by Crippen LogP contribution is -2.51. The average Bonchev–Trinajstić information content (AvgIpc) is 2.78. The molecule has 1 aliphatic rings. The normalized spacial score (nSPS) is 18.1. The zero-order valence-electron chi connectivity index (χ0n) is 19.3. The molecule has 1 amide bonds. The van der Waals surface area contributed by atoms with Gasteiger partial charge in [0.25, 0.3) is 0 Å². The topological polar surface area (TPSA) is 84.9 Å². The van der Waals surface area contributed by atoms with Crippen LogP contribution in [0.3, 0.4) is 0 Å². The first kappa shape index (κ1) is 23.9. The van der Waals surface area contributed by atoms with Crippen molar-refractivity contribution in [1.82, 2.24) is 5.32 Å². The first-order valence-corrected chi connectivity index (χ1v) is 12.7. The van der Waals surface area contributed by atoms with Crippen LogP contribution in [0.25, 0.3) is 0 Å². The van der Waals surface area contributed by atoms with Gasteiger partial charge in [-0.05, 0) is 38.0 Å². The Hall–Kier alpha value is -2.74. The molecule has 1 aliphatic heterocycles. The maximum atomic E-state index is 13.3. The number of nitrogens with one attached hydrogen (secondary N) is 1. The van der Waals surface area contributed by atoms with Crippen molar-refractivity contribution in [3.05, 3.63) is 54.1 Å². The van der Waals surface area contributed by atoms with Crippen LogP contribution in [0, 0.1) is 0 Å². The van der Waals surface area contributed by atoms with Crippen molar-refractivity contribution in [2.24, 2.45) is 0 Å². The molecule has 1 heterocycles. The fraction of sp³-hybridized carbons (Fsp3) is 0.458. The molecule has 0 unspecified atom stereocenters. The average molecular weight is 461 g/mol. The Morgan fingerprint density at radius 1 is 1.22 bits per heavy atom. The number of methoxy groups -OCH3 is 1. The van der Waals surface area contributed by atoms with Crippen molar-refractivity contribution in [2.45, 2.75) is 57.7 Å². The summed E-state index contributed by atoms with van der Waals surface area (Å²) in [5.41, 5.74) is 0.898. The molecule has 7 nitrogen and oxygen atoms in total. The Labute approximate surface area is 190 Å². The number of hydrogen-bond donors (Lipinski definition) is 1. The van der Waals surface area contributed by atoms with Crippen LogP contribution in [0.1, 0.15) is 51.6 Å². The smallest absolute Gasteiger partial charge is 0.244 e. The number of benzene rings is 2. The summed E-state index contributed by atoms with van der Waals surface area (Å²) in [6, 6.07) is 13.1. The molecule has 0 fully saturated rings. The predicted octanol–water partition coefficient (Wildman–Crippen LogP) is 4.05. The van der Waals surface area contributed by atoms with E-state index >= 15 is 0 Å². The van der Waals surface area contributed by atoms with Crippen LogP contribution in [-0.2, 0) is 14.8 Å². The van der Waals surface area contributed by atoms with Gasteiger partial charge in [0.05, 0.1) is 25.1 Å². The third-order valence-corrected chi connectivity index (χ3v) is 7.44. The third-order valence-electron chi connectivity index (χ3n) is 6.20. The fourth-order valence-corrected chi connectivity index (χ4v) is 5.45. The van der Waals surface area contributed by atoms with Gasteiger partial charge in [-0.2, -0.15) is 0 Å². The summed E-state index contributed by atoms with van der Waals surface area (Å²) in [5.74, 6) is 0.895. The van der Waals surface area contributed by atoms with Crippen LogP contribution in [0.5, 0.6) is 11.5 Å². The molecular weight excluding hydrogens is 428 g/mol. The Morgan fingerprint density at radius 3 is 2.53 bits per heavy atom. The van der Waals surface area contributed by atoms with Gasteiger partial charge in [-0.3, -0.25) is 9.10 Å². The lowest BCUT2D eigenvalue weighted by Gasteiger charge is -2.42. The molecule has 0 spiro atoms. The highest BCUT2D eigenvalue weighted by molar-refractivity contribution is 7.92. The van der Waals surface area contributed by atoms with E-state index in [4.69, 9.17) is 9.47 Å². The second-order valence-electron chi connectivity index (χ2n) is 8.23. The van der Waals surface area contributed by atoms with E-state index in [1.807, 2.05) is 24.3 Å². The maximum Gasteiger partial charge on any atom is 0.244 e. The molecule has 2 aromatic carbocycles. The summed E-state index contributed by atoms with van der Waals surface area (Å²) in [7, 11) is -2.22. The van der Waals surface area contributed by atoms with Gasteiger partial charge >= 0.3 is 0 Å². The van der Waals surface area contributed by atoms with E-state index in [0.717, 1.165) is 34.7 Å². The van der Waals surface area contributed by atoms with Gasteiger partial charge in [0.1, 0.15) is 23.1 Å². The number of amides is 1. The summed E-state index contributed by atoms with van der Waals surface area (Å²) in [5, 5.41) is 3.09. The number of nitrogens with zero attached hydrogens (tertiary/aromatic N) is 1. The molecular formula is C24H32N2O5S. The van der Waals surface area contributed by atoms with E-state index in [9.17, 15) is 13.2 Å². The lowest BCUT2D eigenvalue weighted by molar-refractivity contribution is -0.123. The Morgan fingerprint density at radius 2 is 1.91 bits per heavy atom. The van der Waals surface area contributed by atoms with Crippen LogP contribution < -0.4 is 19.1 Å². The molecule has 0 saturated heterocycles. The van der Waals surface area contributed by atoms with Gasteiger partial charge < -0.3 is 14.8 Å². The minimum absolute atomic E-state index is 0.276. The van der Waals surface area contributed by atoms with Gasteiger partial charge in [0.15, 0.2) is 0 Å². The number of anilines is 1. The lowest BCUT2D eigenvalue weighted by atomic mass is 9.83. The summed E-state index contributed by atoms with van der Waals surface area (Å²) >= 11 is 0. The summed E-state index contributed by atoms with van der Waals surface area (Å²) in [4.78, 5) is 13.3. The van der Waals surface area contributed by atoms with Crippen LogP contribution >= 0.6 is 0 Å². The minimum atomic E-state index is -3.73. The standard InChI is InChI=1S/C24H32N2O5S/c1-6-24(7-2)16-21(20-13-8-9-14-22(20)31-24)25-23(27)17(3)26(32(5,28)29)18-11-10-12-19(15-18)30-4/h8-15,17,21H,6-7,16H2,1-5H3,(H,25,27)/t17-,21+/m1/s1. The van der Waals surface area contributed by atoms with Crippen molar-refractivity contribution in [2.75, 3.05) is 17.7 Å². The number of carbonyl (C=O) groups excluding carboxylic acids is 1. The second-order valence-corrected chi connectivity index (χ2v) is 10.1. The Bertz CT molecular complexity index is 1070. The molecule has 8 heteroatoms. The number of rotatable bonds is 8. The number of sulfonamides is 1. The number of para-hydroxylation sites is 1. The van der Waals surface area contributed by atoms with Crippen molar-refractivity contribution in [3.63, 3.8) is 0 Å². The SMILES string of the molecule is CCC1(CC)C[C@H](NC(=O)[C@@H](C)N(c2cccc(OC)c2)S(C)(=O)=O)c2ccccc2O1. The predicted molar refractivity (Wildman–Crippen MR) is 126 cm³/mol. The zero-order valence-corrected chi connectivity index (χ0v) is 20.1. The summed E-state index contributed by atoms with van der Waals surface area (Å²) in [6.45, 7) is 5.74. The number of fused-ring (bicyclic) bond motifs is 1. The molecule has 2 atom stereocenters. The summed E-state index contributed by atoms with van der Waals surface area (Å²) < 4.78 is 38.0. The highest BCUT2D eigenvalue weighted by Crippen LogP contribution is 2.42. The minimum Gasteiger partial charge on any atom is -0.497 e. The van der Waals surface area contributed by atoms with E-state index < -0.39 is 16.1 Å². The maximum absolute atomic E-state index is 13.3. The van der Waals surface area contributed by atoms with E-state index in [2.05, 4.69) is 19.2 Å². The molecule has 0 saturated carbocycles. The van der Waals surface area contributed by atoms with Crippen molar-refractivity contribution in [1.29, 1.82) is 0 Å². The monoisotopic (exact) mass is 460 g/mol. The summed E-state index contributed by atoms with van der Waals surface area (Å²) in [6.07, 6.45) is 3.32. The van der Waals surface area contributed by atoms with Gasteiger partial charge in [-0.1, -0.05) is 38.1 Å². The van der Waals surface area contributed by atoms with E-state index in [1.165, 1.54) is 7.11 Å². The molecule has 3 rings (SSSR count). The molecule has 0 aromatic heterocycles. The molecule has 32 heavy (non-hydrogen) atoms. The number of carbonyl (C=O) groups is 1. The molecule has 2 aromatic rings.